The third kappa shape index (κ3) is 0.896. The fraction of sp³-hybridized carbons (Fsp3) is 0.455. The Morgan fingerprint density at radius 1 is 1.17 bits per heavy atom. The van der Waals surface area contributed by atoms with Crippen LogP contribution in [0.1, 0.15) is 25.8 Å². The summed E-state index contributed by atoms with van der Waals surface area (Å²) in [4.78, 5) is 0. The highest BCUT2D eigenvalue weighted by Gasteiger charge is 2.61. The monoisotopic (exact) mass is 162 g/mol. The molecule has 1 aromatic carbocycles. The maximum absolute atomic E-state index is 10.1. The number of benzene rings is 1. The van der Waals surface area contributed by atoms with Gasteiger partial charge in [-0.15, -0.1) is 0 Å². The van der Waals surface area contributed by atoms with E-state index in [2.05, 4.69) is 13.8 Å². The molecule has 0 amide bonds. The molecule has 0 unspecified atom stereocenters. The summed E-state index contributed by atoms with van der Waals surface area (Å²) in [6.45, 7) is 4.19. The third-order valence-electron chi connectivity index (χ3n) is 2.94. The predicted molar refractivity (Wildman–Crippen MR) is 48.7 cm³/mol. The Hall–Kier alpha value is -0.820. The lowest BCUT2D eigenvalue weighted by molar-refractivity contribution is 0.108. The minimum absolute atomic E-state index is 0.0638. The van der Waals surface area contributed by atoms with E-state index in [9.17, 15) is 5.11 Å². The van der Waals surface area contributed by atoms with E-state index >= 15 is 0 Å². The Labute approximate surface area is 73.0 Å². The largest absolute Gasteiger partial charge is 0.385 e. The Morgan fingerprint density at radius 3 is 2.08 bits per heavy atom. The van der Waals surface area contributed by atoms with Gasteiger partial charge in [-0.2, -0.15) is 0 Å². The average Bonchev–Trinajstić information content (AvgIpc) is 2.55. The summed E-state index contributed by atoms with van der Waals surface area (Å²) in [5.74, 6) is 0. The lowest BCUT2D eigenvalue weighted by atomic mass is 10.00. The highest BCUT2D eigenvalue weighted by Crippen LogP contribution is 2.62. The van der Waals surface area contributed by atoms with Crippen LogP contribution in [0, 0.1) is 5.41 Å². The Bertz CT molecular complexity index is 289. The first-order chi connectivity index (χ1) is 5.56. The summed E-state index contributed by atoms with van der Waals surface area (Å²) in [6.07, 6.45) is 0.879. The van der Waals surface area contributed by atoms with E-state index in [4.69, 9.17) is 0 Å². The standard InChI is InChI=1S/C11H14O/c1-10(2)8-11(10,12)9-6-4-3-5-7-9/h3-7,12H,8H2,1-2H3/t11-/m0/s1. The van der Waals surface area contributed by atoms with Crippen LogP contribution in [-0.2, 0) is 5.60 Å². The Morgan fingerprint density at radius 2 is 1.67 bits per heavy atom. The van der Waals surface area contributed by atoms with E-state index in [0.717, 1.165) is 12.0 Å². The first-order valence-corrected chi connectivity index (χ1v) is 4.34. The molecule has 1 nitrogen and oxygen atoms in total. The molecule has 0 saturated heterocycles. The van der Waals surface area contributed by atoms with Crippen LogP contribution >= 0.6 is 0 Å². The predicted octanol–water partition coefficient (Wildman–Crippen LogP) is 2.30. The molecule has 1 N–H and O–H groups in total. The van der Waals surface area contributed by atoms with Crippen LogP contribution in [0.3, 0.4) is 0 Å². The van der Waals surface area contributed by atoms with Gasteiger partial charge in [0.2, 0.25) is 0 Å². The Balaban J connectivity index is 2.35. The molecular formula is C11H14O. The SMILES string of the molecule is CC1(C)C[C@]1(O)c1ccccc1. The molecule has 1 heteroatoms. The van der Waals surface area contributed by atoms with Gasteiger partial charge in [0.15, 0.2) is 0 Å². The Kier molecular flexibility index (Phi) is 1.37. The van der Waals surface area contributed by atoms with E-state index in [1.54, 1.807) is 0 Å². The molecule has 0 radical (unpaired) electrons. The van der Waals surface area contributed by atoms with Crippen molar-refractivity contribution in [2.45, 2.75) is 25.9 Å². The van der Waals surface area contributed by atoms with E-state index in [0.29, 0.717) is 0 Å². The van der Waals surface area contributed by atoms with Crippen LogP contribution in [-0.4, -0.2) is 5.11 Å². The molecule has 1 atom stereocenters. The highest BCUT2D eigenvalue weighted by atomic mass is 16.3. The van der Waals surface area contributed by atoms with Gasteiger partial charge in [-0.05, 0) is 12.0 Å². The summed E-state index contributed by atoms with van der Waals surface area (Å²) in [7, 11) is 0. The van der Waals surface area contributed by atoms with E-state index in [-0.39, 0.29) is 5.41 Å². The number of hydrogen-bond donors (Lipinski definition) is 1. The summed E-state index contributed by atoms with van der Waals surface area (Å²) < 4.78 is 0. The smallest absolute Gasteiger partial charge is 0.0954 e. The molecule has 1 aliphatic rings. The highest BCUT2D eigenvalue weighted by molar-refractivity contribution is 5.32. The van der Waals surface area contributed by atoms with Crippen molar-refractivity contribution < 1.29 is 5.11 Å². The molecule has 12 heavy (non-hydrogen) atoms. The first-order valence-electron chi connectivity index (χ1n) is 4.34. The van der Waals surface area contributed by atoms with Crippen LogP contribution < -0.4 is 0 Å². The van der Waals surface area contributed by atoms with Crippen LogP contribution in [0.2, 0.25) is 0 Å². The fourth-order valence-corrected chi connectivity index (χ4v) is 1.80. The van der Waals surface area contributed by atoms with Gasteiger partial charge in [0.1, 0.15) is 0 Å². The molecule has 1 fully saturated rings. The molecule has 0 aliphatic heterocycles. The van der Waals surface area contributed by atoms with Gasteiger partial charge in [0, 0.05) is 5.41 Å². The first kappa shape index (κ1) is 7.81. The minimum atomic E-state index is -0.561. The molecule has 0 bridgehead atoms. The minimum Gasteiger partial charge on any atom is -0.385 e. The second kappa shape index (κ2) is 2.11. The number of hydrogen-bond acceptors (Lipinski definition) is 1. The molecule has 0 spiro atoms. The number of aliphatic hydroxyl groups is 1. The van der Waals surface area contributed by atoms with E-state index in [1.165, 1.54) is 0 Å². The van der Waals surface area contributed by atoms with Crippen LogP contribution in [0.4, 0.5) is 0 Å². The van der Waals surface area contributed by atoms with Gasteiger partial charge < -0.3 is 5.11 Å². The van der Waals surface area contributed by atoms with Crippen molar-refractivity contribution in [1.29, 1.82) is 0 Å². The molecule has 64 valence electrons. The van der Waals surface area contributed by atoms with Crippen molar-refractivity contribution in [2.75, 3.05) is 0 Å². The normalized spacial score (nSPS) is 31.6. The van der Waals surface area contributed by atoms with E-state index in [1.807, 2.05) is 30.3 Å². The third-order valence-corrected chi connectivity index (χ3v) is 2.94. The van der Waals surface area contributed by atoms with Gasteiger partial charge >= 0.3 is 0 Å². The maximum atomic E-state index is 10.1. The zero-order valence-electron chi connectivity index (χ0n) is 7.54. The fourth-order valence-electron chi connectivity index (χ4n) is 1.80. The summed E-state index contributed by atoms with van der Waals surface area (Å²) in [5.41, 5.74) is 0.554. The van der Waals surface area contributed by atoms with Crippen molar-refractivity contribution in [1.82, 2.24) is 0 Å². The lowest BCUT2D eigenvalue weighted by Crippen LogP contribution is -2.12. The van der Waals surface area contributed by atoms with Crippen LogP contribution in [0.15, 0.2) is 30.3 Å². The zero-order valence-corrected chi connectivity index (χ0v) is 7.54. The second-order valence-electron chi connectivity index (χ2n) is 4.29. The maximum Gasteiger partial charge on any atom is 0.0954 e. The van der Waals surface area contributed by atoms with Gasteiger partial charge in [-0.1, -0.05) is 44.2 Å². The summed E-state index contributed by atoms with van der Waals surface area (Å²) in [5, 5.41) is 10.1. The quantitative estimate of drug-likeness (QED) is 0.671. The van der Waals surface area contributed by atoms with E-state index < -0.39 is 5.60 Å². The van der Waals surface area contributed by atoms with Crippen molar-refractivity contribution in [3.8, 4) is 0 Å². The van der Waals surface area contributed by atoms with Gasteiger partial charge in [0.05, 0.1) is 5.60 Å². The molecule has 2 rings (SSSR count). The van der Waals surface area contributed by atoms with Crippen molar-refractivity contribution in [3.63, 3.8) is 0 Å². The molecule has 0 heterocycles. The average molecular weight is 162 g/mol. The molecular weight excluding hydrogens is 148 g/mol. The van der Waals surface area contributed by atoms with Crippen molar-refractivity contribution in [2.24, 2.45) is 5.41 Å². The lowest BCUT2D eigenvalue weighted by Gasteiger charge is -2.13. The molecule has 1 saturated carbocycles. The zero-order chi connectivity index (χ0) is 8.82. The van der Waals surface area contributed by atoms with Crippen molar-refractivity contribution in [3.05, 3.63) is 35.9 Å². The molecule has 1 aliphatic carbocycles. The van der Waals surface area contributed by atoms with Crippen molar-refractivity contribution >= 4 is 0 Å². The summed E-state index contributed by atoms with van der Waals surface area (Å²) in [6, 6.07) is 9.91. The van der Waals surface area contributed by atoms with Gasteiger partial charge in [-0.3, -0.25) is 0 Å². The van der Waals surface area contributed by atoms with Crippen LogP contribution in [0.25, 0.3) is 0 Å². The summed E-state index contributed by atoms with van der Waals surface area (Å²) >= 11 is 0. The van der Waals surface area contributed by atoms with Gasteiger partial charge in [0.25, 0.3) is 0 Å². The van der Waals surface area contributed by atoms with Gasteiger partial charge in [-0.25, -0.2) is 0 Å². The topological polar surface area (TPSA) is 20.2 Å². The second-order valence-corrected chi connectivity index (χ2v) is 4.29. The molecule has 0 aromatic heterocycles. The number of rotatable bonds is 1. The molecule has 1 aromatic rings. The van der Waals surface area contributed by atoms with Crippen LogP contribution in [0.5, 0.6) is 0 Å².